The molecule has 0 heterocycles. The van der Waals surface area contributed by atoms with Crippen molar-refractivity contribution in [1.82, 2.24) is 5.32 Å². The summed E-state index contributed by atoms with van der Waals surface area (Å²) in [5, 5.41) is 11.3. The second kappa shape index (κ2) is 3.61. The lowest BCUT2D eigenvalue weighted by Gasteiger charge is -2.17. The van der Waals surface area contributed by atoms with Gasteiger partial charge < -0.3 is 5.32 Å². The molecule has 0 aliphatic heterocycles. The Morgan fingerprint density at radius 2 is 2.27 bits per heavy atom. The number of rotatable bonds is 2. The molecule has 0 bridgehead atoms. The van der Waals surface area contributed by atoms with E-state index in [2.05, 4.69) is 19.2 Å². The molecule has 0 amide bonds. The van der Waals surface area contributed by atoms with E-state index in [0.29, 0.717) is 12.0 Å². The molecule has 0 aromatic heterocycles. The van der Waals surface area contributed by atoms with Crippen LogP contribution in [0.2, 0.25) is 0 Å². The fourth-order valence-electron chi connectivity index (χ4n) is 2.11. The monoisotopic (exact) mass is 152 g/mol. The van der Waals surface area contributed by atoms with E-state index in [4.69, 9.17) is 5.26 Å². The van der Waals surface area contributed by atoms with Gasteiger partial charge in [-0.25, -0.2) is 0 Å². The number of nitriles is 1. The lowest BCUT2D eigenvalue weighted by molar-refractivity contribution is 0.365. The minimum Gasteiger partial charge on any atom is -0.320 e. The van der Waals surface area contributed by atoms with Crippen LogP contribution < -0.4 is 5.32 Å². The van der Waals surface area contributed by atoms with E-state index in [1.165, 1.54) is 19.3 Å². The smallest absolute Gasteiger partial charge is 0.176 e. The summed E-state index contributed by atoms with van der Waals surface area (Å²) >= 11 is 0. The van der Waals surface area contributed by atoms with Gasteiger partial charge in [0, 0.05) is 6.04 Å². The number of hydrogen-bond acceptors (Lipinski definition) is 2. The lowest BCUT2D eigenvalue weighted by atomic mass is 9.94. The summed E-state index contributed by atoms with van der Waals surface area (Å²) in [6.07, 6.45) is 5.75. The highest BCUT2D eigenvalue weighted by Crippen LogP contribution is 2.33. The van der Waals surface area contributed by atoms with Crippen LogP contribution in [0.3, 0.4) is 0 Å². The molecule has 1 rings (SSSR count). The third-order valence-electron chi connectivity index (χ3n) is 3.00. The third-order valence-corrected chi connectivity index (χ3v) is 3.00. The molecule has 3 atom stereocenters. The fraction of sp³-hybridized carbons (Fsp3) is 0.889. The zero-order chi connectivity index (χ0) is 8.27. The van der Waals surface area contributed by atoms with Gasteiger partial charge in [0.25, 0.3) is 0 Å². The summed E-state index contributed by atoms with van der Waals surface area (Å²) < 4.78 is 0. The van der Waals surface area contributed by atoms with Gasteiger partial charge in [-0.2, -0.15) is 5.26 Å². The summed E-state index contributed by atoms with van der Waals surface area (Å²) in [5.74, 6) is 1.51. The van der Waals surface area contributed by atoms with E-state index in [0.717, 1.165) is 5.92 Å². The Morgan fingerprint density at radius 3 is 2.73 bits per heavy atom. The van der Waals surface area contributed by atoms with E-state index in [1.54, 1.807) is 0 Å². The van der Waals surface area contributed by atoms with Crippen LogP contribution >= 0.6 is 0 Å². The predicted molar refractivity (Wildman–Crippen MR) is 44.7 cm³/mol. The van der Waals surface area contributed by atoms with Crippen LogP contribution in [0.1, 0.15) is 33.1 Å². The first kappa shape index (κ1) is 8.39. The number of nitrogens with one attached hydrogen (secondary N) is 1. The maximum Gasteiger partial charge on any atom is 0.176 e. The van der Waals surface area contributed by atoms with Crippen LogP contribution in [0, 0.1) is 23.3 Å². The summed E-state index contributed by atoms with van der Waals surface area (Å²) in [6.45, 7) is 4.48. The molecule has 1 aliphatic carbocycles. The highest BCUT2D eigenvalue weighted by atomic mass is 14.9. The Hall–Kier alpha value is -0.710. The van der Waals surface area contributed by atoms with Gasteiger partial charge in [0.05, 0.1) is 0 Å². The summed E-state index contributed by atoms with van der Waals surface area (Å²) in [6, 6.07) is 0.449. The van der Waals surface area contributed by atoms with Crippen LogP contribution in [-0.4, -0.2) is 6.04 Å². The largest absolute Gasteiger partial charge is 0.320 e. The molecule has 1 aliphatic rings. The molecule has 0 radical (unpaired) electrons. The van der Waals surface area contributed by atoms with Gasteiger partial charge in [0.2, 0.25) is 0 Å². The first-order valence-corrected chi connectivity index (χ1v) is 4.44. The molecule has 3 unspecified atom stereocenters. The molecule has 0 aromatic rings. The summed E-state index contributed by atoms with van der Waals surface area (Å²) in [4.78, 5) is 0. The summed E-state index contributed by atoms with van der Waals surface area (Å²) in [5.41, 5.74) is 0. The molecule has 11 heavy (non-hydrogen) atoms. The average molecular weight is 152 g/mol. The van der Waals surface area contributed by atoms with E-state index >= 15 is 0 Å². The van der Waals surface area contributed by atoms with Gasteiger partial charge in [0.15, 0.2) is 6.19 Å². The molecular formula is C9H16N2. The van der Waals surface area contributed by atoms with Crippen molar-refractivity contribution in [1.29, 1.82) is 5.26 Å². The van der Waals surface area contributed by atoms with Crippen molar-refractivity contribution in [2.45, 2.75) is 39.2 Å². The van der Waals surface area contributed by atoms with Gasteiger partial charge in [-0.3, -0.25) is 0 Å². The Bertz CT molecular complexity index is 159. The predicted octanol–water partition coefficient (Wildman–Crippen LogP) is 1.88. The minimum absolute atomic E-state index is 0.449. The van der Waals surface area contributed by atoms with Gasteiger partial charge in [-0.1, -0.05) is 20.3 Å². The Balaban J connectivity index is 2.43. The normalized spacial score (nSPS) is 36.6. The number of nitrogens with zero attached hydrogens (tertiary/aromatic N) is 1. The van der Waals surface area contributed by atoms with Gasteiger partial charge >= 0.3 is 0 Å². The molecule has 1 saturated carbocycles. The second-order valence-corrected chi connectivity index (χ2v) is 3.47. The van der Waals surface area contributed by atoms with Crippen molar-refractivity contribution in [3.05, 3.63) is 0 Å². The van der Waals surface area contributed by atoms with E-state index in [9.17, 15) is 0 Å². The highest BCUT2D eigenvalue weighted by molar-refractivity contribution is 4.89. The molecule has 62 valence electrons. The van der Waals surface area contributed by atoms with Crippen molar-refractivity contribution >= 4 is 0 Å². The summed E-state index contributed by atoms with van der Waals surface area (Å²) in [7, 11) is 0. The van der Waals surface area contributed by atoms with Crippen LogP contribution in [-0.2, 0) is 0 Å². The molecule has 1 N–H and O–H groups in total. The SMILES string of the molecule is CCC1CCC(NC#N)C1C. The maximum atomic E-state index is 8.44. The third kappa shape index (κ3) is 1.65. The van der Waals surface area contributed by atoms with Crippen molar-refractivity contribution in [2.75, 3.05) is 0 Å². The second-order valence-electron chi connectivity index (χ2n) is 3.47. The number of hydrogen-bond donors (Lipinski definition) is 1. The average Bonchev–Trinajstić information content (AvgIpc) is 2.34. The van der Waals surface area contributed by atoms with E-state index in [1.807, 2.05) is 6.19 Å². The molecule has 2 nitrogen and oxygen atoms in total. The van der Waals surface area contributed by atoms with Crippen molar-refractivity contribution in [2.24, 2.45) is 11.8 Å². The quantitative estimate of drug-likeness (QED) is 0.484. The van der Waals surface area contributed by atoms with Crippen LogP contribution in [0.4, 0.5) is 0 Å². The molecule has 2 heteroatoms. The lowest BCUT2D eigenvalue weighted by Crippen LogP contribution is -2.28. The first-order valence-electron chi connectivity index (χ1n) is 4.44. The fourth-order valence-corrected chi connectivity index (χ4v) is 2.11. The Morgan fingerprint density at radius 1 is 1.55 bits per heavy atom. The molecular weight excluding hydrogens is 136 g/mol. The van der Waals surface area contributed by atoms with Crippen molar-refractivity contribution in [3.63, 3.8) is 0 Å². The van der Waals surface area contributed by atoms with Gasteiger partial charge in [-0.15, -0.1) is 0 Å². The highest BCUT2D eigenvalue weighted by Gasteiger charge is 2.30. The molecule has 0 aromatic carbocycles. The van der Waals surface area contributed by atoms with E-state index in [-0.39, 0.29) is 0 Å². The minimum atomic E-state index is 0.449. The Labute approximate surface area is 68.6 Å². The van der Waals surface area contributed by atoms with Crippen molar-refractivity contribution in [3.8, 4) is 6.19 Å². The van der Waals surface area contributed by atoms with Gasteiger partial charge in [0.1, 0.15) is 0 Å². The van der Waals surface area contributed by atoms with Crippen LogP contribution in [0.25, 0.3) is 0 Å². The van der Waals surface area contributed by atoms with Crippen LogP contribution in [0.5, 0.6) is 0 Å². The van der Waals surface area contributed by atoms with Gasteiger partial charge in [-0.05, 0) is 24.7 Å². The zero-order valence-corrected chi connectivity index (χ0v) is 7.30. The zero-order valence-electron chi connectivity index (χ0n) is 7.30. The van der Waals surface area contributed by atoms with E-state index < -0.39 is 0 Å². The van der Waals surface area contributed by atoms with Crippen LogP contribution in [0.15, 0.2) is 0 Å². The topological polar surface area (TPSA) is 35.8 Å². The van der Waals surface area contributed by atoms with Crippen molar-refractivity contribution < 1.29 is 0 Å². The molecule has 0 saturated heterocycles. The standard InChI is InChI=1S/C9H16N2/c1-3-8-4-5-9(7(8)2)11-6-10/h7-9,11H,3-5H2,1-2H3. The first-order chi connectivity index (χ1) is 5.29. The molecule has 1 fully saturated rings. The molecule has 0 spiro atoms. The Kier molecular flexibility index (Phi) is 2.76. The maximum absolute atomic E-state index is 8.44.